The van der Waals surface area contributed by atoms with Gasteiger partial charge in [0.15, 0.2) is 6.04 Å². The molecule has 0 aliphatic carbocycles. The van der Waals surface area contributed by atoms with E-state index in [0.29, 0.717) is 11.1 Å². The van der Waals surface area contributed by atoms with Crippen LogP contribution >= 0.6 is 12.4 Å². The Bertz CT molecular complexity index is 1100. The Hall–Kier alpha value is -4.18. The van der Waals surface area contributed by atoms with Crippen LogP contribution in [-0.2, 0) is 14.4 Å². The molecule has 34 heavy (non-hydrogen) atoms. The van der Waals surface area contributed by atoms with E-state index in [2.05, 4.69) is 5.32 Å². The van der Waals surface area contributed by atoms with Crippen LogP contribution in [0.4, 0.5) is 4.79 Å². The lowest BCUT2D eigenvalue weighted by Gasteiger charge is -2.23. The number of aliphatic carboxylic acids is 1. The SMILES string of the molecule is Cl.N=C(N)c1ccc(/C=C/C(=O)NCCN2CC(=O)N(C(C(=O)O)c3ccccc3)C2=O)cc1. The van der Waals surface area contributed by atoms with Crippen LogP contribution in [0.1, 0.15) is 22.7 Å². The summed E-state index contributed by atoms with van der Waals surface area (Å²) in [6.45, 7) is -0.124. The van der Waals surface area contributed by atoms with E-state index in [1.165, 1.54) is 11.0 Å². The Labute approximate surface area is 201 Å². The van der Waals surface area contributed by atoms with Crippen LogP contribution in [-0.4, -0.2) is 64.2 Å². The van der Waals surface area contributed by atoms with Crippen molar-refractivity contribution in [2.45, 2.75) is 6.04 Å². The smallest absolute Gasteiger partial charge is 0.331 e. The van der Waals surface area contributed by atoms with Gasteiger partial charge in [-0.1, -0.05) is 54.6 Å². The van der Waals surface area contributed by atoms with E-state index in [1.807, 2.05) is 0 Å². The number of halogens is 1. The zero-order valence-corrected chi connectivity index (χ0v) is 18.8. The van der Waals surface area contributed by atoms with Gasteiger partial charge in [0.05, 0.1) is 0 Å². The van der Waals surface area contributed by atoms with Crippen molar-refractivity contribution >= 4 is 48.1 Å². The quantitative estimate of drug-likeness (QED) is 0.183. The molecule has 1 aliphatic rings. The molecule has 11 heteroatoms. The number of hydrogen-bond donors (Lipinski definition) is 4. The van der Waals surface area contributed by atoms with Crippen molar-refractivity contribution in [2.75, 3.05) is 19.6 Å². The minimum absolute atomic E-state index is 0. The number of urea groups is 1. The van der Waals surface area contributed by atoms with Gasteiger partial charge in [0.25, 0.3) is 5.91 Å². The van der Waals surface area contributed by atoms with Gasteiger partial charge in [-0.2, -0.15) is 0 Å². The summed E-state index contributed by atoms with van der Waals surface area (Å²) in [6, 6.07) is 12.7. The number of nitrogens with two attached hydrogens (primary N) is 1. The number of amidine groups is 1. The molecule has 0 radical (unpaired) electrons. The van der Waals surface area contributed by atoms with Gasteiger partial charge in [0.2, 0.25) is 5.91 Å². The normalized spacial score (nSPS) is 14.1. The second kappa shape index (κ2) is 11.6. The molecule has 4 amide bonds. The predicted octanol–water partition coefficient (Wildman–Crippen LogP) is 1.61. The van der Waals surface area contributed by atoms with Crippen LogP contribution in [0, 0.1) is 5.41 Å². The van der Waals surface area contributed by atoms with Gasteiger partial charge in [0.1, 0.15) is 12.4 Å². The van der Waals surface area contributed by atoms with E-state index in [9.17, 15) is 24.3 Å². The van der Waals surface area contributed by atoms with Gasteiger partial charge in [-0.05, 0) is 17.2 Å². The maximum absolute atomic E-state index is 12.7. The summed E-state index contributed by atoms with van der Waals surface area (Å²) in [5.74, 6) is -2.36. The zero-order chi connectivity index (χ0) is 24.0. The molecule has 5 N–H and O–H groups in total. The second-order valence-electron chi connectivity index (χ2n) is 7.28. The molecule has 0 spiro atoms. The summed E-state index contributed by atoms with van der Waals surface area (Å²) in [6.07, 6.45) is 2.91. The maximum atomic E-state index is 12.7. The fourth-order valence-electron chi connectivity index (χ4n) is 3.35. The van der Waals surface area contributed by atoms with Crippen molar-refractivity contribution in [3.63, 3.8) is 0 Å². The van der Waals surface area contributed by atoms with Gasteiger partial charge in [-0.3, -0.25) is 15.0 Å². The summed E-state index contributed by atoms with van der Waals surface area (Å²) in [5, 5.41) is 19.6. The van der Waals surface area contributed by atoms with Crippen molar-refractivity contribution in [3.05, 3.63) is 77.4 Å². The average molecular weight is 486 g/mol. The van der Waals surface area contributed by atoms with Crippen LogP contribution in [0.15, 0.2) is 60.7 Å². The molecular weight excluding hydrogens is 462 g/mol. The summed E-state index contributed by atoms with van der Waals surface area (Å²) >= 11 is 0. The highest BCUT2D eigenvalue weighted by Gasteiger charge is 2.43. The third-order valence-electron chi connectivity index (χ3n) is 5.01. The van der Waals surface area contributed by atoms with Gasteiger partial charge in [-0.15, -0.1) is 12.4 Å². The molecule has 0 saturated carbocycles. The first kappa shape index (κ1) is 26.1. The Morgan fingerprint density at radius 2 is 1.76 bits per heavy atom. The van der Waals surface area contributed by atoms with Gasteiger partial charge >= 0.3 is 12.0 Å². The molecular formula is C23H24ClN5O5. The number of hydrogen-bond acceptors (Lipinski definition) is 5. The minimum Gasteiger partial charge on any atom is -0.479 e. The number of amides is 4. The van der Waals surface area contributed by atoms with E-state index in [-0.39, 0.29) is 37.9 Å². The lowest BCUT2D eigenvalue weighted by atomic mass is 10.1. The average Bonchev–Trinajstić information content (AvgIpc) is 3.06. The van der Waals surface area contributed by atoms with E-state index in [1.54, 1.807) is 60.7 Å². The maximum Gasteiger partial charge on any atom is 0.331 e. The number of nitrogens with zero attached hydrogens (tertiary/aromatic N) is 2. The Kier molecular flexibility index (Phi) is 8.91. The van der Waals surface area contributed by atoms with Gasteiger partial charge < -0.3 is 21.1 Å². The van der Waals surface area contributed by atoms with Crippen molar-refractivity contribution < 1.29 is 24.3 Å². The fraction of sp³-hybridized carbons (Fsp3) is 0.174. The Morgan fingerprint density at radius 1 is 1.12 bits per heavy atom. The summed E-state index contributed by atoms with van der Waals surface area (Å²) < 4.78 is 0. The molecule has 1 aliphatic heterocycles. The minimum atomic E-state index is -1.41. The van der Waals surface area contributed by atoms with Crippen LogP contribution in [0.3, 0.4) is 0 Å². The Balaban J connectivity index is 0.00000408. The third-order valence-corrected chi connectivity index (χ3v) is 5.01. The third kappa shape index (κ3) is 6.20. The number of imide groups is 1. The van der Waals surface area contributed by atoms with Crippen LogP contribution in [0.25, 0.3) is 6.08 Å². The van der Waals surface area contributed by atoms with E-state index < -0.39 is 29.9 Å². The number of benzene rings is 2. The lowest BCUT2D eigenvalue weighted by molar-refractivity contribution is -0.146. The molecule has 1 heterocycles. The molecule has 2 aromatic rings. The van der Waals surface area contributed by atoms with E-state index in [0.717, 1.165) is 10.5 Å². The molecule has 1 saturated heterocycles. The van der Waals surface area contributed by atoms with Gasteiger partial charge in [0, 0.05) is 24.7 Å². The van der Waals surface area contributed by atoms with Crippen molar-refractivity contribution in [1.29, 1.82) is 5.41 Å². The van der Waals surface area contributed by atoms with Crippen molar-refractivity contribution in [1.82, 2.24) is 15.1 Å². The number of carboxylic acid groups (broad SMARTS) is 1. The summed E-state index contributed by atoms with van der Waals surface area (Å²) in [4.78, 5) is 50.9. The number of carboxylic acids is 1. The number of carbonyl (C=O) groups is 4. The number of carbonyl (C=O) groups excluding carboxylic acids is 3. The van der Waals surface area contributed by atoms with E-state index >= 15 is 0 Å². The standard InChI is InChI=1S/C23H23N5O5.ClH/c24-21(25)17-9-6-15(7-10-17)8-11-18(29)26-12-13-27-14-19(30)28(23(27)33)20(22(31)32)16-4-2-1-3-5-16;/h1-11,20H,12-14H2,(H3,24,25)(H,26,29)(H,31,32);1H/b11-8+;. The number of nitrogens with one attached hydrogen (secondary N) is 2. The fourth-order valence-corrected chi connectivity index (χ4v) is 3.35. The Morgan fingerprint density at radius 3 is 2.35 bits per heavy atom. The highest BCUT2D eigenvalue weighted by atomic mass is 35.5. The topological polar surface area (TPSA) is 157 Å². The number of rotatable bonds is 9. The molecule has 0 bridgehead atoms. The lowest BCUT2D eigenvalue weighted by Crippen LogP contribution is -2.41. The monoisotopic (exact) mass is 485 g/mol. The first-order chi connectivity index (χ1) is 15.8. The summed E-state index contributed by atoms with van der Waals surface area (Å²) in [5.41, 5.74) is 7.04. The molecule has 1 unspecified atom stereocenters. The molecule has 2 aromatic carbocycles. The molecule has 0 aromatic heterocycles. The van der Waals surface area contributed by atoms with Crippen LogP contribution < -0.4 is 11.1 Å². The van der Waals surface area contributed by atoms with Crippen LogP contribution in [0.2, 0.25) is 0 Å². The molecule has 178 valence electrons. The highest BCUT2D eigenvalue weighted by Crippen LogP contribution is 2.26. The highest BCUT2D eigenvalue weighted by molar-refractivity contribution is 6.05. The molecule has 1 atom stereocenters. The second-order valence-corrected chi connectivity index (χ2v) is 7.28. The predicted molar refractivity (Wildman–Crippen MR) is 127 cm³/mol. The summed E-state index contributed by atoms with van der Waals surface area (Å²) in [7, 11) is 0. The van der Waals surface area contributed by atoms with E-state index in [4.69, 9.17) is 11.1 Å². The zero-order valence-electron chi connectivity index (χ0n) is 18.0. The molecule has 1 fully saturated rings. The van der Waals surface area contributed by atoms with Crippen LogP contribution in [0.5, 0.6) is 0 Å². The first-order valence-corrected chi connectivity index (χ1v) is 10.1. The van der Waals surface area contributed by atoms with Crippen molar-refractivity contribution in [2.24, 2.45) is 5.73 Å². The van der Waals surface area contributed by atoms with Crippen molar-refractivity contribution in [3.8, 4) is 0 Å². The number of nitrogen functional groups attached to an aromatic ring is 1. The van der Waals surface area contributed by atoms with Gasteiger partial charge in [-0.25, -0.2) is 14.5 Å². The molecule has 3 rings (SSSR count). The molecule has 10 nitrogen and oxygen atoms in total. The largest absolute Gasteiger partial charge is 0.479 e. The first-order valence-electron chi connectivity index (χ1n) is 10.1.